The van der Waals surface area contributed by atoms with E-state index < -0.39 is 5.97 Å². The van der Waals surface area contributed by atoms with Crippen LogP contribution in [0.25, 0.3) is 5.57 Å². The number of carboxylic acids is 1. The highest BCUT2D eigenvalue weighted by atomic mass is 19.1. The van der Waals surface area contributed by atoms with Crippen LogP contribution < -0.4 is 5.32 Å². The molecule has 1 aliphatic rings. The Labute approximate surface area is 180 Å². The molecule has 1 aromatic rings. The number of rotatable bonds is 9. The van der Waals surface area contributed by atoms with Crippen LogP contribution in [0.3, 0.4) is 0 Å². The van der Waals surface area contributed by atoms with Crippen molar-refractivity contribution >= 4 is 17.6 Å². The molecule has 0 fully saturated rings. The maximum absolute atomic E-state index is 12.1. The summed E-state index contributed by atoms with van der Waals surface area (Å²) in [6, 6.07) is 7.38. The number of nitrogens with one attached hydrogen (secondary N) is 1. The Kier molecular flexibility index (Phi) is 10.1. The molecule has 1 aromatic carbocycles. The molecular weight excluding hydrogens is 399 g/mol. The Morgan fingerprint density at radius 1 is 1.23 bits per heavy atom. The summed E-state index contributed by atoms with van der Waals surface area (Å²) < 4.78 is 17.4. The Bertz CT molecular complexity index is 956. The average Bonchev–Trinajstić information content (AvgIpc) is 2.99. The molecule has 0 saturated carbocycles. The summed E-state index contributed by atoms with van der Waals surface area (Å²) in [7, 11) is 0. The number of carboxylic acid groups (broad SMARTS) is 1. The molecule has 0 aromatic heterocycles. The Morgan fingerprint density at radius 3 is 2.84 bits per heavy atom. The number of benzene rings is 1. The van der Waals surface area contributed by atoms with E-state index >= 15 is 0 Å². The van der Waals surface area contributed by atoms with Crippen molar-refractivity contribution in [3.63, 3.8) is 0 Å². The van der Waals surface area contributed by atoms with Crippen LogP contribution in [0.4, 0.5) is 4.39 Å². The standard InChI is InChI=1S/C24H25FN2O4/c25-15-6-17-27-24(31-18-5-12-23(29)30)26-16-4-8-19-7-3-9-20(14-13-19)21-10-1-2-11-22(21)28/h1-8,10-11,13-15,18,28H,9,12,16-17H2,(H,26,27)(H,29,30)/b8-4+,15-6+,18-5+. The summed E-state index contributed by atoms with van der Waals surface area (Å²) in [5, 5.41) is 21.5. The van der Waals surface area contributed by atoms with E-state index in [1.54, 1.807) is 12.1 Å². The zero-order valence-corrected chi connectivity index (χ0v) is 16.9. The second-order valence-electron chi connectivity index (χ2n) is 6.36. The van der Waals surface area contributed by atoms with Crippen LogP contribution in [-0.4, -0.2) is 35.3 Å². The number of hydrogen-bond donors (Lipinski definition) is 3. The van der Waals surface area contributed by atoms with Gasteiger partial charge >= 0.3 is 5.97 Å². The van der Waals surface area contributed by atoms with Crippen molar-refractivity contribution in [1.29, 1.82) is 0 Å². The van der Waals surface area contributed by atoms with E-state index in [-0.39, 0.29) is 24.7 Å². The van der Waals surface area contributed by atoms with Gasteiger partial charge in [0.15, 0.2) is 0 Å². The van der Waals surface area contributed by atoms with Gasteiger partial charge < -0.3 is 20.3 Å². The average molecular weight is 424 g/mol. The second kappa shape index (κ2) is 13.4. The highest BCUT2D eigenvalue weighted by Crippen LogP contribution is 2.29. The third-order valence-corrected chi connectivity index (χ3v) is 4.05. The number of phenols is 1. The summed E-state index contributed by atoms with van der Waals surface area (Å²) in [6.45, 7) is 0.481. The van der Waals surface area contributed by atoms with E-state index in [4.69, 9.17) is 9.84 Å². The monoisotopic (exact) mass is 424 g/mol. The van der Waals surface area contributed by atoms with E-state index in [1.165, 1.54) is 18.4 Å². The molecule has 7 heteroatoms. The summed E-state index contributed by atoms with van der Waals surface area (Å²) >= 11 is 0. The van der Waals surface area contributed by atoms with Gasteiger partial charge in [-0.1, -0.05) is 54.7 Å². The predicted octanol–water partition coefficient (Wildman–Crippen LogP) is 4.65. The third kappa shape index (κ3) is 8.99. The largest absolute Gasteiger partial charge is 0.507 e. The maximum Gasteiger partial charge on any atom is 0.307 e. The van der Waals surface area contributed by atoms with E-state index in [9.17, 15) is 14.3 Å². The maximum atomic E-state index is 12.1. The smallest absolute Gasteiger partial charge is 0.307 e. The normalized spacial score (nSPS) is 14.7. The van der Waals surface area contributed by atoms with Crippen LogP contribution >= 0.6 is 0 Å². The molecular formula is C24H25FN2O4. The molecule has 0 amide bonds. The number of hydrogen-bond acceptors (Lipinski definition) is 4. The van der Waals surface area contributed by atoms with Gasteiger partial charge in [-0.3, -0.25) is 4.79 Å². The lowest BCUT2D eigenvalue weighted by atomic mass is 10.0. The molecule has 162 valence electrons. The van der Waals surface area contributed by atoms with Crippen molar-refractivity contribution in [2.75, 3.05) is 13.1 Å². The van der Waals surface area contributed by atoms with Gasteiger partial charge in [0.1, 0.15) is 5.75 Å². The summed E-state index contributed by atoms with van der Waals surface area (Å²) in [4.78, 5) is 14.8. The molecule has 1 aliphatic carbocycles. The number of phenolic OH excluding ortho intramolecular Hbond substituents is 1. The van der Waals surface area contributed by atoms with Crippen LogP contribution in [0.15, 0.2) is 96.0 Å². The van der Waals surface area contributed by atoms with E-state index in [2.05, 4.69) is 10.3 Å². The molecule has 0 aliphatic heterocycles. The van der Waals surface area contributed by atoms with Crippen LogP contribution in [0, 0.1) is 0 Å². The number of aliphatic carboxylic acids is 1. The molecule has 31 heavy (non-hydrogen) atoms. The van der Waals surface area contributed by atoms with Crippen molar-refractivity contribution in [3.05, 3.63) is 96.6 Å². The second-order valence-corrected chi connectivity index (χ2v) is 6.36. The lowest BCUT2D eigenvalue weighted by Crippen LogP contribution is -2.25. The number of amidine groups is 1. The predicted molar refractivity (Wildman–Crippen MR) is 120 cm³/mol. The van der Waals surface area contributed by atoms with Gasteiger partial charge in [0.2, 0.25) is 0 Å². The summed E-state index contributed by atoms with van der Waals surface area (Å²) in [5.41, 5.74) is 2.80. The first-order chi connectivity index (χ1) is 15.1. The SMILES string of the molecule is O=C(O)C/C=C/OC(=NC/C=C/C1=CC=C(c2ccccc2O)CC=C1)NC/C=C/F. The molecule has 0 atom stereocenters. The minimum atomic E-state index is -0.973. The number of para-hydroxylation sites is 1. The molecule has 2 rings (SSSR count). The number of aliphatic imine (C=N–C) groups is 1. The lowest BCUT2D eigenvalue weighted by molar-refractivity contribution is -0.136. The molecule has 0 unspecified atom stereocenters. The number of halogens is 1. The fourth-order valence-electron chi connectivity index (χ4n) is 2.61. The first-order valence-electron chi connectivity index (χ1n) is 9.69. The molecule has 3 N–H and O–H groups in total. The van der Waals surface area contributed by atoms with E-state index in [0.29, 0.717) is 19.3 Å². The van der Waals surface area contributed by atoms with Gasteiger partial charge in [0.25, 0.3) is 6.02 Å². The summed E-state index contributed by atoms with van der Waals surface area (Å²) in [5.74, 6) is -0.720. The fraction of sp³-hybridized carbons (Fsp3) is 0.167. The van der Waals surface area contributed by atoms with Crippen LogP contribution in [-0.2, 0) is 9.53 Å². The van der Waals surface area contributed by atoms with Gasteiger partial charge in [-0.05, 0) is 35.8 Å². The van der Waals surface area contributed by atoms with Gasteiger partial charge in [-0.15, -0.1) is 0 Å². The number of allylic oxidation sites excluding steroid dienone is 7. The molecule has 0 radical (unpaired) electrons. The zero-order chi connectivity index (χ0) is 22.3. The van der Waals surface area contributed by atoms with Crippen molar-refractivity contribution in [2.24, 2.45) is 4.99 Å². The highest BCUT2D eigenvalue weighted by molar-refractivity contribution is 5.75. The molecule has 0 saturated heterocycles. The van der Waals surface area contributed by atoms with Crippen LogP contribution in [0.2, 0.25) is 0 Å². The van der Waals surface area contributed by atoms with Gasteiger partial charge in [0.05, 0.1) is 25.6 Å². The zero-order valence-electron chi connectivity index (χ0n) is 16.9. The minimum Gasteiger partial charge on any atom is -0.507 e. The first-order valence-corrected chi connectivity index (χ1v) is 9.69. The Morgan fingerprint density at radius 2 is 2.06 bits per heavy atom. The van der Waals surface area contributed by atoms with E-state index in [0.717, 1.165) is 16.7 Å². The minimum absolute atomic E-state index is 0.150. The topological polar surface area (TPSA) is 91.2 Å². The first kappa shape index (κ1) is 23.4. The number of carbonyl (C=O) groups is 1. The molecule has 6 nitrogen and oxygen atoms in total. The highest BCUT2D eigenvalue weighted by Gasteiger charge is 2.06. The summed E-state index contributed by atoms with van der Waals surface area (Å²) in [6.07, 6.45) is 16.5. The number of ether oxygens (including phenoxy) is 1. The molecule has 0 bridgehead atoms. The van der Waals surface area contributed by atoms with E-state index in [1.807, 2.05) is 48.6 Å². The third-order valence-electron chi connectivity index (χ3n) is 4.05. The quantitative estimate of drug-likeness (QED) is 0.305. The van der Waals surface area contributed by atoms with Crippen molar-refractivity contribution < 1.29 is 24.1 Å². The Hall–Kier alpha value is -3.87. The van der Waals surface area contributed by atoms with Gasteiger partial charge in [0, 0.05) is 12.1 Å². The van der Waals surface area contributed by atoms with Crippen molar-refractivity contribution in [2.45, 2.75) is 12.8 Å². The van der Waals surface area contributed by atoms with Crippen LogP contribution in [0.5, 0.6) is 5.75 Å². The van der Waals surface area contributed by atoms with Crippen LogP contribution in [0.1, 0.15) is 18.4 Å². The lowest BCUT2D eigenvalue weighted by Gasteiger charge is -2.05. The number of nitrogens with zero attached hydrogens (tertiary/aromatic N) is 1. The van der Waals surface area contributed by atoms with Crippen molar-refractivity contribution in [3.8, 4) is 5.75 Å². The fourth-order valence-corrected chi connectivity index (χ4v) is 2.61. The van der Waals surface area contributed by atoms with Gasteiger partial charge in [-0.2, -0.15) is 0 Å². The Balaban J connectivity index is 1.99. The molecule has 0 spiro atoms. The molecule has 0 heterocycles. The van der Waals surface area contributed by atoms with Gasteiger partial charge in [-0.25, -0.2) is 9.38 Å². The number of aromatic hydroxyl groups is 1. The van der Waals surface area contributed by atoms with Crippen molar-refractivity contribution in [1.82, 2.24) is 5.32 Å².